The molecule has 0 saturated carbocycles. The summed E-state index contributed by atoms with van der Waals surface area (Å²) in [5.41, 5.74) is 2.82. The zero-order valence-corrected chi connectivity index (χ0v) is 12.6. The topological polar surface area (TPSA) is 0 Å². The van der Waals surface area contributed by atoms with Gasteiger partial charge in [0.1, 0.15) is 0 Å². The van der Waals surface area contributed by atoms with Gasteiger partial charge in [-0.15, -0.1) is 11.8 Å². The van der Waals surface area contributed by atoms with Crippen molar-refractivity contribution in [1.82, 2.24) is 0 Å². The molecule has 2 rings (SSSR count). The lowest BCUT2D eigenvalue weighted by Crippen LogP contribution is -1.79. The fraction of sp³-hybridized carbons (Fsp3) is 0.200. The highest BCUT2D eigenvalue weighted by Gasteiger charge is 1.95. The zero-order valence-electron chi connectivity index (χ0n) is 10.1. The first-order valence-electron chi connectivity index (χ1n) is 5.85. The largest absolute Gasteiger partial charge is 0.145 e. The molecule has 0 fully saturated rings. The minimum atomic E-state index is 1.09. The van der Waals surface area contributed by atoms with Crippen LogP contribution in [-0.4, -0.2) is 5.08 Å². The Balaban J connectivity index is 1.54. The third-order valence-corrected chi connectivity index (χ3v) is 6.32. The summed E-state index contributed by atoms with van der Waals surface area (Å²) >= 11 is 1.98. The summed E-state index contributed by atoms with van der Waals surface area (Å²) in [5, 5.41) is 1.15. The summed E-state index contributed by atoms with van der Waals surface area (Å²) in [6, 6.07) is 21.3. The van der Waals surface area contributed by atoms with Gasteiger partial charge in [-0.05, 0) is 11.1 Å². The van der Waals surface area contributed by atoms with Crippen molar-refractivity contribution in [3.05, 3.63) is 71.8 Å². The molecule has 0 bridgehead atoms. The van der Waals surface area contributed by atoms with Crippen LogP contribution in [0.4, 0.5) is 0 Å². The predicted octanol–water partition coefficient (Wildman–Crippen LogP) is 5.46. The Labute approximate surface area is 121 Å². The fourth-order valence-electron chi connectivity index (χ4n) is 1.49. The van der Waals surface area contributed by atoms with Crippen LogP contribution < -0.4 is 0 Å². The normalized spacial score (nSPS) is 10.4. The molecule has 18 heavy (non-hydrogen) atoms. The molecular weight excluding hydrogens is 276 g/mol. The van der Waals surface area contributed by atoms with Gasteiger partial charge in [0.05, 0.1) is 0 Å². The molecule has 0 unspecified atom stereocenters. The molecular formula is C15H16S3. The Kier molecular flexibility index (Phi) is 6.62. The van der Waals surface area contributed by atoms with E-state index in [2.05, 4.69) is 60.7 Å². The van der Waals surface area contributed by atoms with Crippen LogP contribution in [-0.2, 0) is 11.5 Å². The van der Waals surface area contributed by atoms with Crippen LogP contribution in [0, 0.1) is 0 Å². The summed E-state index contributed by atoms with van der Waals surface area (Å²) < 4.78 is 0. The van der Waals surface area contributed by atoms with Gasteiger partial charge in [-0.2, -0.15) is 0 Å². The Morgan fingerprint density at radius 1 is 0.611 bits per heavy atom. The maximum absolute atomic E-state index is 2.19. The SMILES string of the molecule is c1ccc(CSCSSCc2ccccc2)cc1. The van der Waals surface area contributed by atoms with Gasteiger partial charge in [0.25, 0.3) is 0 Å². The molecule has 2 aromatic rings. The Morgan fingerprint density at radius 3 is 1.78 bits per heavy atom. The first-order valence-corrected chi connectivity index (χ1v) is 9.49. The van der Waals surface area contributed by atoms with Crippen molar-refractivity contribution in [2.75, 3.05) is 5.08 Å². The minimum Gasteiger partial charge on any atom is -0.145 e. The van der Waals surface area contributed by atoms with Crippen molar-refractivity contribution in [3.8, 4) is 0 Å². The average Bonchev–Trinajstić information content (AvgIpc) is 2.45. The molecule has 0 amide bonds. The molecule has 0 N–H and O–H groups in total. The third kappa shape index (κ3) is 5.42. The van der Waals surface area contributed by atoms with E-state index in [9.17, 15) is 0 Å². The number of hydrogen-bond donors (Lipinski definition) is 0. The minimum absolute atomic E-state index is 1.09. The smallest absolute Gasteiger partial charge is 0.0499 e. The van der Waals surface area contributed by atoms with E-state index in [1.54, 1.807) is 0 Å². The van der Waals surface area contributed by atoms with E-state index in [0.717, 1.165) is 16.6 Å². The predicted molar refractivity (Wildman–Crippen MR) is 87.9 cm³/mol. The number of benzene rings is 2. The van der Waals surface area contributed by atoms with E-state index < -0.39 is 0 Å². The molecule has 0 aliphatic rings. The van der Waals surface area contributed by atoms with Gasteiger partial charge in [0, 0.05) is 16.6 Å². The van der Waals surface area contributed by atoms with Gasteiger partial charge in [-0.3, -0.25) is 0 Å². The van der Waals surface area contributed by atoms with Gasteiger partial charge in [-0.25, -0.2) is 0 Å². The second-order valence-corrected chi connectivity index (χ2v) is 7.63. The molecule has 0 atom stereocenters. The fourth-order valence-corrected chi connectivity index (χ4v) is 5.09. The molecule has 0 spiro atoms. The molecule has 94 valence electrons. The van der Waals surface area contributed by atoms with E-state index in [4.69, 9.17) is 0 Å². The van der Waals surface area contributed by atoms with Crippen molar-refractivity contribution in [3.63, 3.8) is 0 Å². The van der Waals surface area contributed by atoms with Crippen LogP contribution in [0.25, 0.3) is 0 Å². The van der Waals surface area contributed by atoms with Crippen LogP contribution in [0.2, 0.25) is 0 Å². The highest BCUT2D eigenvalue weighted by Crippen LogP contribution is 2.30. The van der Waals surface area contributed by atoms with Crippen molar-refractivity contribution in [2.24, 2.45) is 0 Å². The van der Waals surface area contributed by atoms with E-state index >= 15 is 0 Å². The van der Waals surface area contributed by atoms with Crippen molar-refractivity contribution >= 4 is 33.3 Å². The zero-order chi connectivity index (χ0) is 12.5. The molecule has 0 nitrogen and oxygen atoms in total. The highest BCUT2D eigenvalue weighted by molar-refractivity contribution is 8.77. The molecule has 3 heteroatoms. The highest BCUT2D eigenvalue weighted by atomic mass is 33.1. The van der Waals surface area contributed by atoms with E-state index in [1.165, 1.54) is 11.1 Å². The summed E-state index contributed by atoms with van der Waals surface area (Å²) in [7, 11) is 3.88. The lowest BCUT2D eigenvalue weighted by Gasteiger charge is -2.02. The monoisotopic (exact) mass is 292 g/mol. The lowest BCUT2D eigenvalue weighted by molar-refractivity contribution is 1.42. The lowest BCUT2D eigenvalue weighted by atomic mass is 10.2. The standard InChI is InChI=1S/C15H16S3/c1-3-7-14(8-4-1)11-16-13-18-17-12-15-9-5-2-6-10-15/h1-10H,11-13H2. The van der Waals surface area contributed by atoms with E-state index in [1.807, 2.05) is 33.3 Å². The van der Waals surface area contributed by atoms with Crippen LogP contribution in [0.1, 0.15) is 11.1 Å². The summed E-state index contributed by atoms with van der Waals surface area (Å²) in [5.74, 6) is 2.21. The maximum atomic E-state index is 2.19. The molecule has 0 saturated heterocycles. The molecule has 0 aliphatic heterocycles. The van der Waals surface area contributed by atoms with Gasteiger partial charge < -0.3 is 0 Å². The molecule has 0 aliphatic carbocycles. The van der Waals surface area contributed by atoms with Gasteiger partial charge in [0.2, 0.25) is 0 Å². The van der Waals surface area contributed by atoms with Crippen molar-refractivity contribution in [1.29, 1.82) is 0 Å². The van der Waals surface area contributed by atoms with Crippen LogP contribution in [0.3, 0.4) is 0 Å². The van der Waals surface area contributed by atoms with Crippen molar-refractivity contribution in [2.45, 2.75) is 11.5 Å². The number of thioether (sulfide) groups is 1. The molecule has 0 heterocycles. The van der Waals surface area contributed by atoms with E-state index in [0.29, 0.717) is 0 Å². The number of hydrogen-bond acceptors (Lipinski definition) is 3. The molecule has 0 radical (unpaired) electrons. The third-order valence-electron chi connectivity index (χ3n) is 2.39. The van der Waals surface area contributed by atoms with E-state index in [-0.39, 0.29) is 0 Å². The average molecular weight is 292 g/mol. The van der Waals surface area contributed by atoms with Gasteiger partial charge >= 0.3 is 0 Å². The molecule has 0 aromatic heterocycles. The second kappa shape index (κ2) is 8.57. The van der Waals surface area contributed by atoms with Gasteiger partial charge in [0.15, 0.2) is 0 Å². The maximum Gasteiger partial charge on any atom is 0.0499 e. The first kappa shape index (κ1) is 13.9. The second-order valence-electron chi connectivity index (χ2n) is 3.82. The van der Waals surface area contributed by atoms with Crippen LogP contribution in [0.15, 0.2) is 60.7 Å². The summed E-state index contributed by atoms with van der Waals surface area (Å²) in [4.78, 5) is 0. The quantitative estimate of drug-likeness (QED) is 0.378. The Morgan fingerprint density at radius 2 is 1.17 bits per heavy atom. The van der Waals surface area contributed by atoms with Crippen LogP contribution >= 0.6 is 33.3 Å². The Hall–Kier alpha value is -0.510. The van der Waals surface area contributed by atoms with Gasteiger partial charge in [-0.1, -0.05) is 82.3 Å². The first-order chi connectivity index (χ1) is 8.95. The summed E-state index contributed by atoms with van der Waals surface area (Å²) in [6.07, 6.45) is 0. The summed E-state index contributed by atoms with van der Waals surface area (Å²) in [6.45, 7) is 0. The number of rotatable bonds is 7. The van der Waals surface area contributed by atoms with Crippen molar-refractivity contribution < 1.29 is 0 Å². The Bertz CT molecular complexity index is 385. The molecule has 2 aromatic carbocycles. The van der Waals surface area contributed by atoms with Crippen LogP contribution in [0.5, 0.6) is 0 Å².